The fourth-order valence-corrected chi connectivity index (χ4v) is 2.13. The first kappa shape index (κ1) is 20.5. The van der Waals surface area contributed by atoms with Gasteiger partial charge in [0.25, 0.3) is 0 Å². The topological polar surface area (TPSA) is 93.7 Å². The number of benzene rings is 1. The lowest BCUT2D eigenvalue weighted by Crippen LogP contribution is -2.53. The Kier molecular flexibility index (Phi) is 8.46. The lowest BCUT2D eigenvalue weighted by molar-refractivity contribution is -0.144. The normalized spacial score (nSPS) is 13.9. The highest BCUT2D eigenvalue weighted by molar-refractivity contribution is 5.89. The second kappa shape index (κ2) is 10.3. The van der Waals surface area contributed by atoms with E-state index in [2.05, 4.69) is 15.4 Å². The molecule has 1 aromatic carbocycles. The molecule has 0 aromatic heterocycles. The molecule has 0 bridgehead atoms. The first-order valence-corrected chi connectivity index (χ1v) is 8.24. The average Bonchev–Trinajstić information content (AvgIpc) is 2.63. The van der Waals surface area contributed by atoms with Crippen LogP contribution in [0, 0.1) is 5.92 Å². The number of amides is 2. The van der Waals surface area contributed by atoms with E-state index in [-0.39, 0.29) is 12.5 Å². The molecule has 7 heteroatoms. The Bertz CT molecular complexity index is 576. The Morgan fingerprint density at radius 2 is 1.72 bits per heavy atom. The van der Waals surface area contributed by atoms with Crippen LogP contribution in [0.25, 0.3) is 0 Å². The van der Waals surface area contributed by atoms with Crippen LogP contribution in [-0.2, 0) is 25.7 Å². The minimum Gasteiger partial charge on any atom is -0.467 e. The van der Waals surface area contributed by atoms with Gasteiger partial charge in [0.1, 0.15) is 18.7 Å². The molecule has 7 nitrogen and oxygen atoms in total. The van der Waals surface area contributed by atoms with Gasteiger partial charge >= 0.3 is 12.1 Å². The second-order valence-corrected chi connectivity index (χ2v) is 5.82. The number of rotatable bonds is 8. The third-order valence-corrected chi connectivity index (χ3v) is 3.90. The molecule has 0 fully saturated rings. The van der Waals surface area contributed by atoms with Crippen LogP contribution in [0.15, 0.2) is 30.3 Å². The third kappa shape index (κ3) is 6.82. The van der Waals surface area contributed by atoms with Crippen molar-refractivity contribution in [2.45, 2.75) is 45.9 Å². The van der Waals surface area contributed by atoms with Crippen LogP contribution in [0.2, 0.25) is 0 Å². The molecule has 2 amide bonds. The van der Waals surface area contributed by atoms with Crippen molar-refractivity contribution in [1.82, 2.24) is 10.6 Å². The Morgan fingerprint density at radius 3 is 2.28 bits per heavy atom. The third-order valence-electron chi connectivity index (χ3n) is 3.90. The highest BCUT2D eigenvalue weighted by Crippen LogP contribution is 2.09. The molecular weight excluding hydrogens is 324 g/mol. The molecule has 0 saturated carbocycles. The minimum atomic E-state index is -0.805. The van der Waals surface area contributed by atoms with Gasteiger partial charge in [-0.25, -0.2) is 9.59 Å². The number of carbonyl (C=O) groups is 3. The molecule has 2 N–H and O–H groups in total. The summed E-state index contributed by atoms with van der Waals surface area (Å²) in [6.07, 6.45) is -0.0149. The van der Waals surface area contributed by atoms with Crippen molar-refractivity contribution in [1.29, 1.82) is 0 Å². The maximum Gasteiger partial charge on any atom is 0.408 e. The van der Waals surface area contributed by atoms with Crippen molar-refractivity contribution in [3.8, 4) is 0 Å². The second-order valence-electron chi connectivity index (χ2n) is 5.82. The maximum absolute atomic E-state index is 12.4. The molecule has 138 valence electrons. The number of esters is 1. The van der Waals surface area contributed by atoms with E-state index in [0.29, 0.717) is 6.42 Å². The van der Waals surface area contributed by atoms with Crippen LogP contribution in [0.1, 0.15) is 32.8 Å². The van der Waals surface area contributed by atoms with E-state index >= 15 is 0 Å². The molecule has 0 heterocycles. The first-order chi connectivity index (χ1) is 11.9. The van der Waals surface area contributed by atoms with Crippen molar-refractivity contribution < 1.29 is 23.9 Å². The van der Waals surface area contributed by atoms with Crippen molar-refractivity contribution in [2.75, 3.05) is 7.11 Å². The van der Waals surface area contributed by atoms with Gasteiger partial charge in [-0.1, -0.05) is 50.6 Å². The maximum atomic E-state index is 12.4. The predicted octanol–water partition coefficient (Wildman–Crippen LogP) is 2.01. The first-order valence-electron chi connectivity index (χ1n) is 8.24. The van der Waals surface area contributed by atoms with Gasteiger partial charge in [-0.15, -0.1) is 0 Å². The summed E-state index contributed by atoms with van der Waals surface area (Å²) in [5.41, 5.74) is 0.849. The number of hydrogen-bond acceptors (Lipinski definition) is 5. The SMILES string of the molecule is CC[C@H](C)[C@H](NC(=O)OCc1ccccc1)C(=O)N[C@H](C)C(=O)OC. The fraction of sp³-hybridized carbons (Fsp3) is 0.500. The Balaban J connectivity index is 2.63. The van der Waals surface area contributed by atoms with Gasteiger partial charge < -0.3 is 20.1 Å². The zero-order valence-corrected chi connectivity index (χ0v) is 15.1. The molecule has 0 aliphatic heterocycles. The van der Waals surface area contributed by atoms with Crippen LogP contribution in [0.3, 0.4) is 0 Å². The van der Waals surface area contributed by atoms with Gasteiger partial charge in [-0.2, -0.15) is 0 Å². The molecule has 1 aromatic rings. The van der Waals surface area contributed by atoms with E-state index in [1.807, 2.05) is 44.2 Å². The van der Waals surface area contributed by atoms with Gasteiger partial charge in [0.2, 0.25) is 5.91 Å². The number of hydrogen-bond donors (Lipinski definition) is 2. The molecule has 0 radical (unpaired) electrons. The van der Waals surface area contributed by atoms with Gasteiger partial charge in [0, 0.05) is 0 Å². The van der Waals surface area contributed by atoms with E-state index < -0.39 is 30.1 Å². The molecule has 1 rings (SSSR count). The number of alkyl carbamates (subject to hydrolysis) is 1. The summed E-state index contributed by atoms with van der Waals surface area (Å²) >= 11 is 0. The Hall–Kier alpha value is -2.57. The number of ether oxygens (including phenoxy) is 2. The van der Waals surface area contributed by atoms with E-state index in [9.17, 15) is 14.4 Å². The average molecular weight is 350 g/mol. The zero-order chi connectivity index (χ0) is 18.8. The Morgan fingerprint density at radius 1 is 1.08 bits per heavy atom. The zero-order valence-electron chi connectivity index (χ0n) is 15.1. The monoisotopic (exact) mass is 350 g/mol. The predicted molar refractivity (Wildman–Crippen MR) is 92.6 cm³/mol. The fourth-order valence-electron chi connectivity index (χ4n) is 2.13. The lowest BCUT2D eigenvalue weighted by Gasteiger charge is -2.24. The summed E-state index contributed by atoms with van der Waals surface area (Å²) in [5.74, 6) is -1.14. The van der Waals surface area contributed by atoms with Crippen molar-refractivity contribution >= 4 is 18.0 Å². The number of nitrogens with one attached hydrogen (secondary N) is 2. The van der Waals surface area contributed by atoms with Crippen LogP contribution in [0.5, 0.6) is 0 Å². The van der Waals surface area contributed by atoms with Crippen molar-refractivity contribution in [2.24, 2.45) is 5.92 Å². The number of carbonyl (C=O) groups excluding carboxylic acids is 3. The van der Waals surface area contributed by atoms with Crippen LogP contribution < -0.4 is 10.6 Å². The van der Waals surface area contributed by atoms with Gasteiger partial charge in [-0.3, -0.25) is 4.79 Å². The molecule has 25 heavy (non-hydrogen) atoms. The summed E-state index contributed by atoms with van der Waals surface area (Å²) in [5, 5.41) is 5.12. The molecule has 0 unspecified atom stereocenters. The van der Waals surface area contributed by atoms with Gasteiger partial charge in [0.15, 0.2) is 0 Å². The van der Waals surface area contributed by atoms with Crippen molar-refractivity contribution in [3.05, 3.63) is 35.9 Å². The van der Waals surface area contributed by atoms with E-state index in [4.69, 9.17) is 4.74 Å². The van der Waals surface area contributed by atoms with E-state index in [1.54, 1.807) is 0 Å². The van der Waals surface area contributed by atoms with Gasteiger partial charge in [-0.05, 0) is 18.4 Å². The van der Waals surface area contributed by atoms with Crippen LogP contribution in [-0.4, -0.2) is 37.2 Å². The minimum absolute atomic E-state index is 0.111. The smallest absolute Gasteiger partial charge is 0.408 e. The standard InChI is InChI=1S/C18H26N2O5/c1-5-12(2)15(16(21)19-13(3)17(22)24-4)20-18(23)25-11-14-9-7-6-8-10-14/h6-10,12-13,15H,5,11H2,1-4H3,(H,19,21)(H,20,23)/t12-,13+,15-/m0/s1. The summed E-state index contributed by atoms with van der Waals surface area (Å²) in [6.45, 7) is 5.38. The highest BCUT2D eigenvalue weighted by Gasteiger charge is 2.29. The number of methoxy groups -OCH3 is 1. The van der Waals surface area contributed by atoms with E-state index in [1.165, 1.54) is 14.0 Å². The summed E-state index contributed by atoms with van der Waals surface area (Å²) < 4.78 is 9.74. The summed E-state index contributed by atoms with van der Waals surface area (Å²) in [7, 11) is 1.25. The largest absolute Gasteiger partial charge is 0.467 e. The molecule has 0 spiro atoms. The summed E-state index contributed by atoms with van der Waals surface area (Å²) in [4.78, 5) is 35.9. The van der Waals surface area contributed by atoms with Crippen molar-refractivity contribution in [3.63, 3.8) is 0 Å². The van der Waals surface area contributed by atoms with E-state index in [0.717, 1.165) is 5.56 Å². The molecule has 3 atom stereocenters. The van der Waals surface area contributed by atoms with Crippen LogP contribution >= 0.6 is 0 Å². The Labute approximate surface area is 148 Å². The molecule has 0 aliphatic rings. The summed E-state index contributed by atoms with van der Waals surface area (Å²) in [6, 6.07) is 7.64. The quantitative estimate of drug-likeness (QED) is 0.700. The van der Waals surface area contributed by atoms with Gasteiger partial charge in [0.05, 0.1) is 7.11 Å². The lowest BCUT2D eigenvalue weighted by atomic mass is 9.98. The molecular formula is C18H26N2O5. The van der Waals surface area contributed by atoms with Crippen LogP contribution in [0.4, 0.5) is 4.79 Å². The highest BCUT2D eigenvalue weighted by atomic mass is 16.5. The molecule has 0 saturated heterocycles. The molecule has 0 aliphatic carbocycles.